The lowest BCUT2D eigenvalue weighted by Crippen LogP contribution is -2.02. The maximum absolute atomic E-state index is 12.3. The molecule has 2 rings (SSSR count). The number of sulfone groups is 1. The van der Waals surface area contributed by atoms with E-state index in [-0.39, 0.29) is 9.79 Å². The summed E-state index contributed by atoms with van der Waals surface area (Å²) in [6.07, 6.45) is 0. The highest BCUT2D eigenvalue weighted by Crippen LogP contribution is 2.29. The number of halogens is 1. The summed E-state index contributed by atoms with van der Waals surface area (Å²) in [5.74, 6) is 0.599. The van der Waals surface area contributed by atoms with Gasteiger partial charge in [-0.2, -0.15) is 0 Å². The third-order valence-corrected chi connectivity index (χ3v) is 4.87. The second-order valence-corrected chi connectivity index (χ2v) is 6.42. The van der Waals surface area contributed by atoms with Gasteiger partial charge in [-0.15, -0.1) is 0 Å². The first-order valence-corrected chi connectivity index (χ1v) is 7.47. The van der Waals surface area contributed by atoms with Gasteiger partial charge in [0, 0.05) is 0 Å². The number of benzene rings is 2. The van der Waals surface area contributed by atoms with Crippen LogP contribution in [-0.4, -0.2) is 15.5 Å². The minimum absolute atomic E-state index is 0.237. The number of ether oxygens (including phenoxy) is 1. The molecule has 0 radical (unpaired) electrons. The fourth-order valence-corrected chi connectivity index (χ4v) is 3.55. The van der Waals surface area contributed by atoms with Crippen LogP contribution in [0.5, 0.6) is 5.75 Å². The first-order chi connectivity index (χ1) is 8.55. The molecule has 0 N–H and O–H groups in total. The van der Waals surface area contributed by atoms with E-state index in [0.717, 1.165) is 0 Å². The van der Waals surface area contributed by atoms with Crippen LogP contribution in [0.2, 0.25) is 0 Å². The van der Waals surface area contributed by atoms with E-state index in [1.807, 2.05) is 0 Å². The highest BCUT2D eigenvalue weighted by Gasteiger charge is 2.18. The molecular formula is C13H11BrO3S. The first kappa shape index (κ1) is 13.1. The molecule has 0 amide bonds. The van der Waals surface area contributed by atoms with Gasteiger partial charge in [-0.1, -0.05) is 18.2 Å². The Hall–Kier alpha value is -1.33. The molecule has 0 atom stereocenters. The van der Waals surface area contributed by atoms with Gasteiger partial charge in [0.2, 0.25) is 9.84 Å². The lowest BCUT2D eigenvalue weighted by Gasteiger charge is -2.07. The minimum atomic E-state index is -3.47. The predicted octanol–water partition coefficient (Wildman–Crippen LogP) is 3.29. The van der Waals surface area contributed by atoms with Crippen molar-refractivity contribution in [3.8, 4) is 5.75 Å². The fraction of sp³-hybridized carbons (Fsp3) is 0.0769. The number of methoxy groups -OCH3 is 1. The van der Waals surface area contributed by atoms with Gasteiger partial charge in [-0.25, -0.2) is 8.42 Å². The molecule has 3 nitrogen and oxygen atoms in total. The second kappa shape index (κ2) is 5.12. The van der Waals surface area contributed by atoms with E-state index in [1.165, 1.54) is 13.2 Å². The Morgan fingerprint density at radius 2 is 1.67 bits per heavy atom. The van der Waals surface area contributed by atoms with Gasteiger partial charge in [0.05, 0.1) is 21.4 Å². The van der Waals surface area contributed by atoms with Crippen LogP contribution in [0, 0.1) is 0 Å². The average molecular weight is 327 g/mol. The third kappa shape index (κ3) is 2.42. The maximum Gasteiger partial charge on any atom is 0.206 e. The monoisotopic (exact) mass is 326 g/mol. The molecule has 0 aliphatic rings. The van der Waals surface area contributed by atoms with Crippen molar-refractivity contribution < 1.29 is 13.2 Å². The summed E-state index contributed by atoms with van der Waals surface area (Å²) in [5.41, 5.74) is 0. The van der Waals surface area contributed by atoms with Gasteiger partial charge in [0.25, 0.3) is 0 Å². The molecular weight excluding hydrogens is 316 g/mol. The van der Waals surface area contributed by atoms with E-state index in [2.05, 4.69) is 15.9 Å². The van der Waals surface area contributed by atoms with Gasteiger partial charge >= 0.3 is 0 Å². The number of hydrogen-bond donors (Lipinski definition) is 0. The van der Waals surface area contributed by atoms with Gasteiger partial charge in [-0.3, -0.25) is 0 Å². The van der Waals surface area contributed by atoms with Crippen LogP contribution in [0.4, 0.5) is 0 Å². The molecule has 0 unspecified atom stereocenters. The van der Waals surface area contributed by atoms with E-state index in [9.17, 15) is 8.42 Å². The SMILES string of the molecule is COc1ccc(S(=O)(=O)c2ccccc2)cc1Br. The quantitative estimate of drug-likeness (QED) is 0.869. The smallest absolute Gasteiger partial charge is 0.206 e. The standard InChI is InChI=1S/C13H11BrO3S/c1-17-13-8-7-11(9-12(13)14)18(15,16)10-5-3-2-4-6-10/h2-9H,1H3. The van der Waals surface area contributed by atoms with Crippen LogP contribution < -0.4 is 4.74 Å². The highest BCUT2D eigenvalue weighted by molar-refractivity contribution is 9.10. The summed E-state index contributed by atoms with van der Waals surface area (Å²) < 4.78 is 30.3. The van der Waals surface area contributed by atoms with Crippen LogP contribution in [0.15, 0.2) is 62.8 Å². The Kier molecular flexibility index (Phi) is 3.73. The van der Waals surface area contributed by atoms with Crippen LogP contribution in [-0.2, 0) is 9.84 Å². The van der Waals surface area contributed by atoms with Crippen LogP contribution in [0.25, 0.3) is 0 Å². The molecule has 2 aromatic rings. The highest BCUT2D eigenvalue weighted by atomic mass is 79.9. The molecule has 0 saturated carbocycles. The molecule has 5 heteroatoms. The Labute approximate surface area is 114 Å². The van der Waals surface area contributed by atoms with Crippen molar-refractivity contribution in [2.75, 3.05) is 7.11 Å². The van der Waals surface area contributed by atoms with Gasteiger partial charge in [0.15, 0.2) is 0 Å². The molecule has 0 heterocycles. The van der Waals surface area contributed by atoms with E-state index in [4.69, 9.17) is 4.74 Å². The summed E-state index contributed by atoms with van der Waals surface area (Å²) in [6, 6.07) is 13.0. The summed E-state index contributed by atoms with van der Waals surface area (Å²) >= 11 is 3.28. The van der Waals surface area contributed by atoms with Crippen molar-refractivity contribution >= 4 is 25.8 Å². The summed E-state index contributed by atoms with van der Waals surface area (Å²) in [5, 5.41) is 0. The Morgan fingerprint density at radius 3 is 2.22 bits per heavy atom. The third-order valence-electron chi connectivity index (χ3n) is 2.49. The molecule has 2 aromatic carbocycles. The van der Waals surface area contributed by atoms with E-state index in [1.54, 1.807) is 42.5 Å². The lowest BCUT2D eigenvalue weighted by atomic mass is 10.3. The minimum Gasteiger partial charge on any atom is -0.496 e. The van der Waals surface area contributed by atoms with Gasteiger partial charge in [0.1, 0.15) is 5.75 Å². The maximum atomic E-state index is 12.3. The summed E-state index contributed by atoms with van der Waals surface area (Å²) in [7, 11) is -1.94. The Morgan fingerprint density at radius 1 is 1.00 bits per heavy atom. The molecule has 94 valence electrons. The second-order valence-electron chi connectivity index (χ2n) is 3.61. The van der Waals surface area contributed by atoms with Crippen molar-refractivity contribution in [3.63, 3.8) is 0 Å². The Bertz CT molecular complexity index is 651. The van der Waals surface area contributed by atoms with Crippen molar-refractivity contribution in [1.82, 2.24) is 0 Å². The average Bonchev–Trinajstić information content (AvgIpc) is 2.39. The summed E-state index contributed by atoms with van der Waals surface area (Å²) in [6.45, 7) is 0. The van der Waals surface area contributed by atoms with E-state index >= 15 is 0 Å². The molecule has 18 heavy (non-hydrogen) atoms. The summed E-state index contributed by atoms with van der Waals surface area (Å²) in [4.78, 5) is 0.517. The van der Waals surface area contributed by atoms with Crippen molar-refractivity contribution in [2.45, 2.75) is 9.79 Å². The van der Waals surface area contributed by atoms with Crippen molar-refractivity contribution in [1.29, 1.82) is 0 Å². The van der Waals surface area contributed by atoms with E-state index in [0.29, 0.717) is 10.2 Å². The van der Waals surface area contributed by atoms with E-state index < -0.39 is 9.84 Å². The molecule has 0 aromatic heterocycles. The molecule has 0 spiro atoms. The Balaban J connectivity index is 2.52. The first-order valence-electron chi connectivity index (χ1n) is 5.19. The molecule has 0 aliphatic heterocycles. The van der Waals surface area contributed by atoms with Crippen molar-refractivity contribution in [2.24, 2.45) is 0 Å². The zero-order valence-electron chi connectivity index (χ0n) is 9.63. The van der Waals surface area contributed by atoms with Crippen LogP contribution in [0.3, 0.4) is 0 Å². The zero-order valence-corrected chi connectivity index (χ0v) is 12.0. The van der Waals surface area contributed by atoms with Gasteiger partial charge < -0.3 is 4.74 Å². The zero-order chi connectivity index (χ0) is 13.2. The lowest BCUT2D eigenvalue weighted by molar-refractivity contribution is 0.411. The topological polar surface area (TPSA) is 43.4 Å². The molecule has 0 aliphatic carbocycles. The normalized spacial score (nSPS) is 11.2. The predicted molar refractivity (Wildman–Crippen MR) is 72.6 cm³/mol. The van der Waals surface area contributed by atoms with Crippen molar-refractivity contribution in [3.05, 3.63) is 53.0 Å². The van der Waals surface area contributed by atoms with Crippen LogP contribution in [0.1, 0.15) is 0 Å². The number of hydrogen-bond acceptors (Lipinski definition) is 3. The van der Waals surface area contributed by atoms with Crippen LogP contribution >= 0.6 is 15.9 Å². The fourth-order valence-electron chi connectivity index (χ4n) is 1.55. The molecule has 0 bridgehead atoms. The van der Waals surface area contributed by atoms with Gasteiger partial charge in [-0.05, 0) is 46.3 Å². The number of rotatable bonds is 3. The largest absolute Gasteiger partial charge is 0.496 e. The molecule has 0 fully saturated rings. The molecule has 0 saturated heterocycles.